The van der Waals surface area contributed by atoms with Crippen molar-refractivity contribution in [2.45, 2.75) is 26.3 Å². The van der Waals surface area contributed by atoms with Crippen LogP contribution >= 0.6 is 0 Å². The van der Waals surface area contributed by atoms with Crippen LogP contribution in [-0.4, -0.2) is 60.8 Å². The minimum Gasteiger partial charge on any atom is -0.305 e. The number of benzene rings is 2. The smallest absolute Gasteiger partial charge is 0.299 e. The second-order valence-electron chi connectivity index (χ2n) is 8.12. The van der Waals surface area contributed by atoms with E-state index in [1.54, 1.807) is 4.90 Å². The first-order valence-electron chi connectivity index (χ1n) is 10.6. The van der Waals surface area contributed by atoms with E-state index >= 15 is 0 Å². The van der Waals surface area contributed by atoms with Crippen LogP contribution in [0.4, 0.5) is 5.69 Å². The second-order valence-corrected chi connectivity index (χ2v) is 8.12. The molecular weight excluding hydrogens is 362 g/mol. The molecule has 5 heteroatoms. The molecule has 2 aromatic rings. The number of piperazine rings is 1. The van der Waals surface area contributed by atoms with Crippen molar-refractivity contribution in [2.75, 3.05) is 44.2 Å². The van der Waals surface area contributed by atoms with Gasteiger partial charge in [0.1, 0.15) is 0 Å². The van der Waals surface area contributed by atoms with E-state index in [1.165, 1.54) is 5.56 Å². The monoisotopic (exact) mass is 391 g/mol. The molecule has 0 saturated carbocycles. The van der Waals surface area contributed by atoms with Crippen LogP contribution in [0, 0.1) is 6.92 Å². The Labute approximate surface area is 172 Å². The number of amides is 1. The summed E-state index contributed by atoms with van der Waals surface area (Å²) in [6, 6.07) is 16.3. The lowest BCUT2D eigenvalue weighted by Crippen LogP contribution is -2.46. The minimum atomic E-state index is -0.375. The van der Waals surface area contributed by atoms with Crippen molar-refractivity contribution in [2.24, 2.45) is 0 Å². The summed E-state index contributed by atoms with van der Waals surface area (Å²) in [6.45, 7) is 9.02. The van der Waals surface area contributed by atoms with Gasteiger partial charge < -0.3 is 9.80 Å². The molecule has 0 atom stereocenters. The first kappa shape index (κ1) is 19.8. The van der Waals surface area contributed by atoms with Gasteiger partial charge in [0, 0.05) is 39.3 Å². The maximum atomic E-state index is 12.3. The van der Waals surface area contributed by atoms with Crippen LogP contribution < -0.4 is 4.90 Å². The lowest BCUT2D eigenvalue weighted by atomic mass is 10.1. The number of nitrogens with zero attached hydrogens (tertiary/aromatic N) is 3. The number of Topliss-reactive ketones (excluding diaryl/α,β-unsaturated/α-hetero) is 1. The molecule has 4 rings (SSSR count). The van der Waals surface area contributed by atoms with Gasteiger partial charge in [-0.25, -0.2) is 0 Å². The van der Waals surface area contributed by atoms with E-state index in [0.29, 0.717) is 12.1 Å². The van der Waals surface area contributed by atoms with Gasteiger partial charge in [-0.3, -0.25) is 14.5 Å². The number of aryl methyl sites for hydroxylation is 1. The van der Waals surface area contributed by atoms with Crippen molar-refractivity contribution in [3.8, 4) is 0 Å². The van der Waals surface area contributed by atoms with Crippen LogP contribution in [0.5, 0.6) is 0 Å². The third-order valence-electron chi connectivity index (χ3n) is 5.95. The first-order chi connectivity index (χ1) is 14.1. The molecule has 1 saturated heterocycles. The lowest BCUT2D eigenvalue weighted by Gasteiger charge is -2.34. The molecule has 5 nitrogen and oxygen atoms in total. The van der Waals surface area contributed by atoms with Gasteiger partial charge in [0.2, 0.25) is 0 Å². The number of ketones is 1. The van der Waals surface area contributed by atoms with E-state index in [4.69, 9.17) is 0 Å². The van der Waals surface area contributed by atoms with Crippen molar-refractivity contribution >= 4 is 17.4 Å². The number of anilines is 1. The Balaban J connectivity index is 1.19. The normalized spacial score (nSPS) is 17.8. The van der Waals surface area contributed by atoms with Crippen LogP contribution in [0.1, 0.15) is 34.3 Å². The van der Waals surface area contributed by atoms with Gasteiger partial charge in [0.15, 0.2) is 0 Å². The maximum absolute atomic E-state index is 12.3. The summed E-state index contributed by atoms with van der Waals surface area (Å²) in [5, 5.41) is 0. The number of hydrogen-bond donors (Lipinski definition) is 0. The fourth-order valence-corrected chi connectivity index (χ4v) is 4.25. The highest BCUT2D eigenvalue weighted by atomic mass is 16.2. The Kier molecular flexibility index (Phi) is 6.07. The molecule has 152 valence electrons. The van der Waals surface area contributed by atoms with Crippen molar-refractivity contribution in [3.63, 3.8) is 0 Å². The summed E-state index contributed by atoms with van der Waals surface area (Å²) < 4.78 is 0. The number of carbonyl (C=O) groups excluding carboxylic acids is 2. The van der Waals surface area contributed by atoms with Crippen LogP contribution in [0.3, 0.4) is 0 Å². The number of fused-ring (bicyclic) bond motifs is 1. The van der Waals surface area contributed by atoms with Gasteiger partial charge in [-0.15, -0.1) is 0 Å². The van der Waals surface area contributed by atoms with Crippen molar-refractivity contribution in [1.82, 2.24) is 9.80 Å². The third kappa shape index (κ3) is 4.57. The average molecular weight is 392 g/mol. The van der Waals surface area contributed by atoms with Gasteiger partial charge in [0.25, 0.3) is 11.7 Å². The fraction of sp³-hybridized carbons (Fsp3) is 0.417. The molecule has 1 amide bonds. The highest BCUT2D eigenvalue weighted by molar-refractivity contribution is 6.52. The zero-order valence-electron chi connectivity index (χ0n) is 17.1. The predicted octanol–water partition coefficient (Wildman–Crippen LogP) is 3.12. The van der Waals surface area contributed by atoms with Crippen molar-refractivity contribution in [1.29, 1.82) is 0 Å². The number of hydrogen-bond acceptors (Lipinski definition) is 4. The second kappa shape index (κ2) is 8.89. The SMILES string of the molecule is Cc1ccc2c(c1)C(=O)C(=O)N2CCCCN1CCN(Cc2ccccc2)CC1. The highest BCUT2D eigenvalue weighted by Gasteiger charge is 2.35. The van der Waals surface area contributed by atoms with Gasteiger partial charge >= 0.3 is 0 Å². The third-order valence-corrected chi connectivity index (χ3v) is 5.95. The zero-order valence-corrected chi connectivity index (χ0v) is 17.1. The van der Waals surface area contributed by atoms with Gasteiger partial charge in [0.05, 0.1) is 11.3 Å². The Morgan fingerprint density at radius 1 is 0.828 bits per heavy atom. The quantitative estimate of drug-likeness (QED) is 0.537. The summed E-state index contributed by atoms with van der Waals surface area (Å²) in [7, 11) is 0. The van der Waals surface area contributed by atoms with E-state index in [2.05, 4.69) is 40.1 Å². The number of carbonyl (C=O) groups is 2. The van der Waals surface area contributed by atoms with E-state index in [9.17, 15) is 9.59 Å². The molecule has 0 aliphatic carbocycles. The van der Waals surface area contributed by atoms with Crippen LogP contribution in [0.15, 0.2) is 48.5 Å². The molecule has 2 aliphatic heterocycles. The van der Waals surface area contributed by atoms with E-state index in [-0.39, 0.29) is 11.7 Å². The molecule has 2 heterocycles. The van der Waals surface area contributed by atoms with Crippen LogP contribution in [0.25, 0.3) is 0 Å². The average Bonchev–Trinajstić information content (AvgIpc) is 2.97. The Hall–Kier alpha value is -2.50. The first-order valence-corrected chi connectivity index (χ1v) is 10.6. The topological polar surface area (TPSA) is 43.9 Å². The molecule has 0 bridgehead atoms. The molecular formula is C24H29N3O2. The molecule has 0 spiro atoms. The number of rotatable bonds is 7. The highest BCUT2D eigenvalue weighted by Crippen LogP contribution is 2.29. The molecule has 2 aromatic carbocycles. The number of unbranched alkanes of at least 4 members (excludes halogenated alkanes) is 1. The predicted molar refractivity (Wildman–Crippen MR) is 115 cm³/mol. The molecule has 0 radical (unpaired) electrons. The van der Waals surface area contributed by atoms with Crippen molar-refractivity contribution in [3.05, 3.63) is 65.2 Å². The van der Waals surface area contributed by atoms with Crippen LogP contribution in [-0.2, 0) is 11.3 Å². The largest absolute Gasteiger partial charge is 0.305 e. The standard InChI is InChI=1S/C24H29N3O2/c1-19-9-10-22-21(17-19)23(28)24(29)27(22)12-6-5-11-25-13-15-26(16-14-25)18-20-7-3-2-4-8-20/h2-4,7-10,17H,5-6,11-16,18H2,1H3. The van der Waals surface area contributed by atoms with Crippen LogP contribution in [0.2, 0.25) is 0 Å². The summed E-state index contributed by atoms with van der Waals surface area (Å²) in [5.74, 6) is -0.738. The van der Waals surface area contributed by atoms with Gasteiger partial charge in [-0.1, -0.05) is 42.0 Å². The fourth-order valence-electron chi connectivity index (χ4n) is 4.25. The molecule has 1 fully saturated rings. The molecule has 0 N–H and O–H groups in total. The summed E-state index contributed by atoms with van der Waals surface area (Å²) in [6.07, 6.45) is 1.95. The van der Waals surface area contributed by atoms with Gasteiger partial charge in [-0.2, -0.15) is 0 Å². The lowest BCUT2D eigenvalue weighted by molar-refractivity contribution is -0.114. The molecule has 29 heavy (non-hydrogen) atoms. The Morgan fingerprint density at radius 2 is 1.52 bits per heavy atom. The van der Waals surface area contributed by atoms with E-state index in [0.717, 1.165) is 63.4 Å². The molecule has 2 aliphatic rings. The zero-order chi connectivity index (χ0) is 20.2. The maximum Gasteiger partial charge on any atom is 0.299 e. The van der Waals surface area contributed by atoms with E-state index < -0.39 is 0 Å². The van der Waals surface area contributed by atoms with E-state index in [1.807, 2.05) is 25.1 Å². The summed E-state index contributed by atoms with van der Waals surface area (Å²) >= 11 is 0. The van der Waals surface area contributed by atoms with Crippen molar-refractivity contribution < 1.29 is 9.59 Å². The summed E-state index contributed by atoms with van der Waals surface area (Å²) in [5.41, 5.74) is 3.73. The Bertz CT molecular complexity index is 873. The molecule has 0 aromatic heterocycles. The molecule has 0 unspecified atom stereocenters. The summed E-state index contributed by atoms with van der Waals surface area (Å²) in [4.78, 5) is 31.2. The Morgan fingerprint density at radius 3 is 2.28 bits per heavy atom. The van der Waals surface area contributed by atoms with Gasteiger partial charge in [-0.05, 0) is 44.0 Å². The minimum absolute atomic E-state index is 0.363.